The molecular formula is C28H23F13O3S2. The highest BCUT2D eigenvalue weighted by atomic mass is 32.2. The van der Waals surface area contributed by atoms with Crippen LogP contribution in [-0.2, 0) is 26.4 Å². The first-order chi connectivity index (χ1) is 20.6. The van der Waals surface area contributed by atoms with E-state index < -0.39 is 45.2 Å². The molecule has 0 unspecified atom stereocenters. The summed E-state index contributed by atoms with van der Waals surface area (Å²) in [6.07, 6.45) is -7.61. The third kappa shape index (κ3) is 7.27. The molecule has 0 radical (unpaired) electrons. The minimum Gasteiger partial charge on any atom is -0.743 e. The number of hydrogen-bond donors (Lipinski definition) is 0. The van der Waals surface area contributed by atoms with Crippen molar-refractivity contribution >= 4 is 21.0 Å². The Morgan fingerprint density at radius 3 is 1.13 bits per heavy atom. The van der Waals surface area contributed by atoms with Gasteiger partial charge in [0.2, 0.25) is 0 Å². The Kier molecular flexibility index (Phi) is 11.0. The molecule has 0 saturated heterocycles. The second-order valence-corrected chi connectivity index (χ2v) is 13.9. The monoisotopic (exact) mass is 718 g/mol. The van der Waals surface area contributed by atoms with Crippen LogP contribution in [0, 0.1) is 0 Å². The van der Waals surface area contributed by atoms with Gasteiger partial charge in [-0.3, -0.25) is 0 Å². The van der Waals surface area contributed by atoms with E-state index in [0.717, 1.165) is 0 Å². The number of rotatable bonds is 8. The largest absolute Gasteiger partial charge is 0.743 e. The molecule has 3 nitrogen and oxygen atoms in total. The molecule has 256 valence electrons. The average Bonchev–Trinajstić information content (AvgIpc) is 2.93. The van der Waals surface area contributed by atoms with Crippen LogP contribution in [0.5, 0.6) is 0 Å². The van der Waals surface area contributed by atoms with Gasteiger partial charge in [0.25, 0.3) is 0 Å². The minimum atomic E-state index is -8.29. The normalized spacial score (nSPS) is 14.1. The summed E-state index contributed by atoms with van der Waals surface area (Å²) in [6.45, 7) is 6.78. The van der Waals surface area contributed by atoms with E-state index in [1.807, 2.05) is 0 Å². The zero-order valence-electron chi connectivity index (χ0n) is 23.5. The molecule has 0 aliphatic heterocycles. The molecular weight excluding hydrogens is 695 g/mol. The second-order valence-electron chi connectivity index (χ2n) is 10.5. The third-order valence-corrected chi connectivity index (χ3v) is 9.25. The Bertz CT molecular complexity index is 1510. The molecule has 18 heteroatoms. The fraction of sp³-hybridized carbons (Fsp3) is 0.357. The van der Waals surface area contributed by atoms with Crippen LogP contribution in [0.1, 0.15) is 26.3 Å². The SMILES string of the molecule is CC(C)(C)c1ccc([S+](c2ccccc2)c2ccccc2)cc1.O=S(=O)([O-])C(F)(F)C(F)(F)C(F)(F)C(F)(F)C(F)(F)C(F)(F)F. The van der Waals surface area contributed by atoms with E-state index in [4.69, 9.17) is 0 Å². The number of benzene rings is 3. The summed E-state index contributed by atoms with van der Waals surface area (Å²) < 4.78 is 189. The first-order valence-electron chi connectivity index (χ1n) is 12.4. The highest BCUT2D eigenvalue weighted by Gasteiger charge is 2.91. The predicted molar refractivity (Wildman–Crippen MR) is 141 cm³/mol. The lowest BCUT2D eigenvalue weighted by atomic mass is 9.87. The van der Waals surface area contributed by atoms with E-state index in [2.05, 4.69) is 106 Å². The van der Waals surface area contributed by atoms with Crippen molar-refractivity contribution in [2.45, 2.75) is 76.0 Å². The molecule has 3 rings (SSSR count). The molecule has 0 N–H and O–H groups in total. The Hall–Kier alpha value is -2.99. The summed E-state index contributed by atoms with van der Waals surface area (Å²) >= 11 is 0. The van der Waals surface area contributed by atoms with Crippen molar-refractivity contribution in [3.63, 3.8) is 0 Å². The van der Waals surface area contributed by atoms with Crippen molar-refractivity contribution in [3.05, 3.63) is 90.5 Å². The molecule has 0 aliphatic carbocycles. The van der Waals surface area contributed by atoms with Crippen molar-refractivity contribution in [2.75, 3.05) is 0 Å². The highest BCUT2D eigenvalue weighted by Crippen LogP contribution is 2.60. The van der Waals surface area contributed by atoms with Crippen LogP contribution >= 0.6 is 0 Å². The van der Waals surface area contributed by atoms with Gasteiger partial charge in [0, 0.05) is 0 Å². The van der Waals surface area contributed by atoms with Crippen LogP contribution in [0.15, 0.2) is 99.6 Å². The second kappa shape index (κ2) is 12.9. The molecule has 0 amide bonds. The zero-order chi connectivity index (χ0) is 35.8. The van der Waals surface area contributed by atoms with Crippen molar-refractivity contribution in [3.8, 4) is 0 Å². The molecule has 0 bridgehead atoms. The molecule has 0 fully saturated rings. The van der Waals surface area contributed by atoms with Gasteiger partial charge in [-0.25, -0.2) is 8.42 Å². The van der Waals surface area contributed by atoms with Gasteiger partial charge in [-0.2, -0.15) is 57.1 Å². The summed E-state index contributed by atoms with van der Waals surface area (Å²) in [5, 5.41) is -7.63. The van der Waals surface area contributed by atoms with Crippen LogP contribution in [-0.4, -0.2) is 48.1 Å². The maximum absolute atomic E-state index is 12.7. The summed E-state index contributed by atoms with van der Waals surface area (Å²) in [7, 11) is -7.91. The highest BCUT2D eigenvalue weighted by molar-refractivity contribution is 7.97. The van der Waals surface area contributed by atoms with Crippen molar-refractivity contribution in [2.24, 2.45) is 0 Å². The Balaban J connectivity index is 0.000000320. The molecule has 0 atom stereocenters. The fourth-order valence-electron chi connectivity index (χ4n) is 3.52. The van der Waals surface area contributed by atoms with Crippen LogP contribution in [0.25, 0.3) is 0 Å². The smallest absolute Gasteiger partial charge is 0.460 e. The quantitative estimate of drug-likeness (QED) is 0.133. The standard InChI is InChI=1S/C22H23S.C6HF13O3S/c1-22(2,3)18-14-16-21(17-15-18)23(19-10-6-4-7-11-19)20-12-8-5-9-13-20;7-1(8,3(11,12)5(15,16)17)2(9,10)4(13,14)6(18,19)23(20,21)22/h4-17H,1-3H3;(H,20,21,22)/q+1;/p-1. The predicted octanol–water partition coefficient (Wildman–Crippen LogP) is 9.31. The number of halogens is 13. The Labute approximate surface area is 257 Å². The fourth-order valence-corrected chi connectivity index (χ4v) is 6.05. The summed E-state index contributed by atoms with van der Waals surface area (Å²) in [4.78, 5) is 4.10. The van der Waals surface area contributed by atoms with E-state index in [9.17, 15) is 70.0 Å². The number of hydrogen-bond acceptors (Lipinski definition) is 3. The lowest BCUT2D eigenvalue weighted by Gasteiger charge is -2.39. The minimum absolute atomic E-state index is 0.0497. The lowest BCUT2D eigenvalue weighted by Crippen LogP contribution is -2.71. The summed E-state index contributed by atoms with van der Waals surface area (Å²) in [6, 6.07) is 30.7. The Morgan fingerprint density at radius 1 is 0.500 bits per heavy atom. The van der Waals surface area contributed by atoms with Crippen LogP contribution < -0.4 is 0 Å². The van der Waals surface area contributed by atoms with E-state index in [1.54, 1.807) is 0 Å². The molecule has 0 saturated carbocycles. The van der Waals surface area contributed by atoms with Gasteiger partial charge in [-0.1, -0.05) is 69.3 Å². The van der Waals surface area contributed by atoms with Gasteiger partial charge >= 0.3 is 35.1 Å². The topological polar surface area (TPSA) is 57.2 Å². The van der Waals surface area contributed by atoms with E-state index >= 15 is 0 Å². The molecule has 3 aromatic rings. The number of alkyl halides is 13. The van der Waals surface area contributed by atoms with Crippen LogP contribution in [0.4, 0.5) is 57.1 Å². The van der Waals surface area contributed by atoms with E-state index in [-0.39, 0.29) is 16.3 Å². The molecule has 0 aliphatic rings. The van der Waals surface area contributed by atoms with Gasteiger partial charge in [-0.15, -0.1) is 0 Å². The van der Waals surface area contributed by atoms with Gasteiger partial charge in [0.05, 0.1) is 10.9 Å². The first-order valence-corrected chi connectivity index (χ1v) is 15.0. The molecule has 0 aromatic heterocycles. The lowest BCUT2D eigenvalue weighted by molar-refractivity contribution is -0.433. The summed E-state index contributed by atoms with van der Waals surface area (Å²) in [5.74, 6) is -32.6. The van der Waals surface area contributed by atoms with E-state index in [0.29, 0.717) is 0 Å². The third-order valence-electron chi connectivity index (χ3n) is 6.13. The van der Waals surface area contributed by atoms with Gasteiger partial charge < -0.3 is 4.55 Å². The molecule has 0 heterocycles. The van der Waals surface area contributed by atoms with Gasteiger partial charge in [-0.05, 0) is 47.4 Å². The van der Waals surface area contributed by atoms with Crippen molar-refractivity contribution in [1.29, 1.82) is 0 Å². The van der Waals surface area contributed by atoms with Crippen LogP contribution in [0.3, 0.4) is 0 Å². The first kappa shape index (κ1) is 39.2. The maximum atomic E-state index is 12.7. The van der Waals surface area contributed by atoms with Gasteiger partial charge in [0.15, 0.2) is 24.8 Å². The molecule has 46 heavy (non-hydrogen) atoms. The zero-order valence-corrected chi connectivity index (χ0v) is 25.2. The van der Waals surface area contributed by atoms with Gasteiger partial charge in [0.1, 0.15) is 0 Å². The maximum Gasteiger partial charge on any atom is 0.460 e. The average molecular weight is 719 g/mol. The van der Waals surface area contributed by atoms with Crippen molar-refractivity contribution < 1.29 is 70.0 Å². The molecule has 0 spiro atoms. The summed E-state index contributed by atoms with van der Waals surface area (Å²) in [5.41, 5.74) is 1.57. The van der Waals surface area contributed by atoms with Crippen LogP contribution in [0.2, 0.25) is 0 Å². The van der Waals surface area contributed by atoms with E-state index in [1.165, 1.54) is 20.2 Å². The van der Waals surface area contributed by atoms with Crippen molar-refractivity contribution in [1.82, 2.24) is 0 Å². The Morgan fingerprint density at radius 2 is 0.826 bits per heavy atom. The molecule has 3 aromatic carbocycles.